The molecule has 0 bridgehead atoms. The molecule has 2 fully saturated rings. The van der Waals surface area contributed by atoms with Crippen molar-refractivity contribution >= 4 is 0 Å². The highest BCUT2D eigenvalue weighted by atomic mass is 16.3. The van der Waals surface area contributed by atoms with Crippen molar-refractivity contribution in [3.8, 4) is 11.5 Å². The molecule has 2 N–H and O–H groups in total. The first-order valence-electron chi connectivity index (χ1n) is 9.93. The summed E-state index contributed by atoms with van der Waals surface area (Å²) in [5.41, 5.74) is 3.49. The number of rotatable bonds is 10. The fourth-order valence-electron chi connectivity index (χ4n) is 3.86. The Morgan fingerprint density at radius 1 is 0.792 bits per heavy atom. The van der Waals surface area contributed by atoms with E-state index < -0.39 is 0 Å². The quantitative estimate of drug-likeness (QED) is 0.507. The van der Waals surface area contributed by atoms with Crippen molar-refractivity contribution in [3.05, 3.63) is 23.3 Å². The summed E-state index contributed by atoms with van der Waals surface area (Å²) in [5, 5.41) is 20.1. The van der Waals surface area contributed by atoms with E-state index in [2.05, 4.69) is 13.8 Å². The monoisotopic (exact) mass is 330 g/mol. The van der Waals surface area contributed by atoms with Crippen molar-refractivity contribution in [2.24, 2.45) is 10.8 Å². The van der Waals surface area contributed by atoms with Crippen LogP contribution in [-0.2, 0) is 12.8 Å². The lowest BCUT2D eigenvalue weighted by Crippen LogP contribution is -1.99. The van der Waals surface area contributed by atoms with Crippen molar-refractivity contribution in [2.75, 3.05) is 0 Å². The zero-order valence-corrected chi connectivity index (χ0v) is 15.5. The molecule has 0 aliphatic heterocycles. The maximum Gasteiger partial charge on any atom is 0.122 e. The van der Waals surface area contributed by atoms with Gasteiger partial charge in [0.25, 0.3) is 0 Å². The van der Waals surface area contributed by atoms with Crippen LogP contribution in [0.15, 0.2) is 12.1 Å². The van der Waals surface area contributed by atoms with Crippen molar-refractivity contribution in [1.82, 2.24) is 0 Å². The van der Waals surface area contributed by atoms with Gasteiger partial charge in [-0.1, -0.05) is 26.7 Å². The Labute approximate surface area is 147 Å². The predicted octanol–water partition coefficient (Wildman–Crippen LogP) is 6.12. The lowest BCUT2D eigenvalue weighted by Gasteiger charge is -2.14. The molecule has 24 heavy (non-hydrogen) atoms. The Balaban J connectivity index is 1.50. The van der Waals surface area contributed by atoms with Crippen molar-refractivity contribution in [2.45, 2.75) is 90.9 Å². The van der Waals surface area contributed by atoms with Gasteiger partial charge in [-0.25, -0.2) is 0 Å². The Hall–Kier alpha value is -1.18. The third-order valence-corrected chi connectivity index (χ3v) is 6.44. The van der Waals surface area contributed by atoms with Gasteiger partial charge in [-0.05, 0) is 92.2 Å². The molecule has 134 valence electrons. The summed E-state index contributed by atoms with van der Waals surface area (Å²) >= 11 is 0. The molecular weight excluding hydrogens is 296 g/mol. The van der Waals surface area contributed by atoms with E-state index in [9.17, 15) is 10.2 Å². The number of unbranched alkanes of at least 4 members (excludes halogenated alkanes) is 2. The van der Waals surface area contributed by atoms with Gasteiger partial charge in [-0.15, -0.1) is 0 Å². The minimum absolute atomic E-state index is 0.200. The number of benzene rings is 1. The minimum Gasteiger partial charge on any atom is -0.508 e. The highest BCUT2D eigenvalue weighted by Crippen LogP contribution is 2.50. The van der Waals surface area contributed by atoms with E-state index in [1.807, 2.05) is 6.07 Å². The number of phenols is 2. The molecule has 0 heterocycles. The van der Waals surface area contributed by atoms with Crippen molar-refractivity contribution in [1.29, 1.82) is 0 Å². The average molecular weight is 331 g/mol. The number of hydrogen-bond donors (Lipinski definition) is 2. The van der Waals surface area contributed by atoms with Gasteiger partial charge in [0.05, 0.1) is 0 Å². The summed E-state index contributed by atoms with van der Waals surface area (Å²) in [6.07, 6.45) is 14.9. The molecule has 0 atom stereocenters. The molecule has 0 amide bonds. The SMILES string of the molecule is CC1(CCCCc2cc(O)cc(O)c2CCCCC2(C)CC2)CC1. The zero-order valence-electron chi connectivity index (χ0n) is 15.5. The molecule has 2 aliphatic rings. The Kier molecular flexibility index (Phi) is 5.13. The fraction of sp³-hybridized carbons (Fsp3) is 0.727. The van der Waals surface area contributed by atoms with Gasteiger partial charge in [0.15, 0.2) is 0 Å². The fourth-order valence-corrected chi connectivity index (χ4v) is 3.86. The largest absolute Gasteiger partial charge is 0.508 e. The first kappa shape index (κ1) is 17.6. The topological polar surface area (TPSA) is 40.5 Å². The number of aryl methyl sites for hydroxylation is 1. The summed E-state index contributed by atoms with van der Waals surface area (Å²) in [6.45, 7) is 4.77. The number of aromatic hydroxyl groups is 2. The molecule has 2 nitrogen and oxygen atoms in total. The summed E-state index contributed by atoms with van der Waals surface area (Å²) < 4.78 is 0. The van der Waals surface area contributed by atoms with Gasteiger partial charge in [0.2, 0.25) is 0 Å². The standard InChI is InChI=1S/C22H34O2/c1-21(11-12-21)9-5-3-7-17-15-18(23)16-20(24)19(17)8-4-6-10-22(2)13-14-22/h15-16,23-24H,3-14H2,1-2H3. The lowest BCUT2D eigenvalue weighted by molar-refractivity contribution is 0.439. The van der Waals surface area contributed by atoms with Crippen LogP contribution in [0.4, 0.5) is 0 Å². The van der Waals surface area contributed by atoms with Gasteiger partial charge in [-0.3, -0.25) is 0 Å². The molecule has 0 saturated heterocycles. The van der Waals surface area contributed by atoms with Crippen LogP contribution < -0.4 is 0 Å². The van der Waals surface area contributed by atoms with Crippen LogP contribution in [0.2, 0.25) is 0 Å². The van der Waals surface area contributed by atoms with E-state index >= 15 is 0 Å². The molecule has 0 unspecified atom stereocenters. The van der Waals surface area contributed by atoms with Crippen molar-refractivity contribution in [3.63, 3.8) is 0 Å². The molecule has 2 saturated carbocycles. The summed E-state index contributed by atoms with van der Waals surface area (Å²) in [4.78, 5) is 0. The van der Waals surface area contributed by atoms with Crippen LogP contribution in [0.25, 0.3) is 0 Å². The maximum absolute atomic E-state index is 10.3. The van der Waals surface area contributed by atoms with Gasteiger partial charge in [0.1, 0.15) is 11.5 Å². The highest BCUT2D eigenvalue weighted by molar-refractivity contribution is 5.45. The van der Waals surface area contributed by atoms with Gasteiger partial charge in [0, 0.05) is 6.07 Å². The molecule has 0 spiro atoms. The van der Waals surface area contributed by atoms with Crippen LogP contribution in [0.1, 0.15) is 89.2 Å². The third-order valence-electron chi connectivity index (χ3n) is 6.44. The van der Waals surface area contributed by atoms with Crippen LogP contribution in [0.3, 0.4) is 0 Å². The minimum atomic E-state index is 0.200. The highest BCUT2D eigenvalue weighted by Gasteiger charge is 2.36. The smallest absolute Gasteiger partial charge is 0.122 e. The number of phenolic OH excluding ortho intramolecular Hbond substituents is 2. The number of hydrogen-bond acceptors (Lipinski definition) is 2. The van der Waals surface area contributed by atoms with Gasteiger partial charge < -0.3 is 10.2 Å². The molecule has 2 aliphatic carbocycles. The van der Waals surface area contributed by atoms with Crippen molar-refractivity contribution < 1.29 is 10.2 Å². The van der Waals surface area contributed by atoms with E-state index in [0.717, 1.165) is 36.8 Å². The second-order valence-electron chi connectivity index (χ2n) is 9.14. The first-order valence-corrected chi connectivity index (χ1v) is 9.93. The normalized spacial score (nSPS) is 20.1. The van der Waals surface area contributed by atoms with E-state index in [0.29, 0.717) is 10.8 Å². The van der Waals surface area contributed by atoms with Crippen LogP contribution in [0.5, 0.6) is 11.5 Å². The second kappa shape index (κ2) is 6.98. The first-order chi connectivity index (χ1) is 11.4. The van der Waals surface area contributed by atoms with Crippen LogP contribution in [0, 0.1) is 10.8 Å². The lowest BCUT2D eigenvalue weighted by atomic mass is 9.93. The zero-order chi connectivity index (χ0) is 17.2. The summed E-state index contributed by atoms with van der Waals surface area (Å²) in [7, 11) is 0. The molecule has 1 aromatic carbocycles. The third kappa shape index (κ3) is 4.91. The Morgan fingerprint density at radius 2 is 1.33 bits per heavy atom. The van der Waals surface area contributed by atoms with E-state index in [-0.39, 0.29) is 11.5 Å². The second-order valence-corrected chi connectivity index (χ2v) is 9.14. The molecule has 1 aromatic rings. The average Bonchev–Trinajstić information content (AvgIpc) is 3.42. The Bertz CT molecular complexity index is 568. The van der Waals surface area contributed by atoms with E-state index in [1.54, 1.807) is 0 Å². The summed E-state index contributed by atoms with van der Waals surface area (Å²) in [5.74, 6) is 0.489. The summed E-state index contributed by atoms with van der Waals surface area (Å²) in [6, 6.07) is 3.38. The van der Waals surface area contributed by atoms with E-state index in [1.165, 1.54) is 57.4 Å². The maximum atomic E-state index is 10.3. The molecule has 0 aromatic heterocycles. The predicted molar refractivity (Wildman–Crippen MR) is 99.6 cm³/mol. The Morgan fingerprint density at radius 3 is 1.88 bits per heavy atom. The van der Waals surface area contributed by atoms with Crippen LogP contribution in [-0.4, -0.2) is 10.2 Å². The molecule has 2 heteroatoms. The van der Waals surface area contributed by atoms with E-state index in [4.69, 9.17) is 0 Å². The van der Waals surface area contributed by atoms with Gasteiger partial charge >= 0.3 is 0 Å². The van der Waals surface area contributed by atoms with Crippen LogP contribution >= 0.6 is 0 Å². The molecule has 0 radical (unpaired) electrons. The molecule has 3 rings (SSSR count). The molecular formula is C22H34O2. The van der Waals surface area contributed by atoms with Gasteiger partial charge in [-0.2, -0.15) is 0 Å².